The van der Waals surface area contributed by atoms with Gasteiger partial charge >= 0.3 is 6.18 Å². The number of aromatic nitrogens is 1. The third-order valence-corrected chi connectivity index (χ3v) is 2.50. The summed E-state index contributed by atoms with van der Waals surface area (Å²) < 4.78 is 36.9. The highest BCUT2D eigenvalue weighted by atomic mass is 19.4. The van der Waals surface area contributed by atoms with E-state index in [0.717, 1.165) is 31.6 Å². The molecule has 0 bridgehead atoms. The van der Waals surface area contributed by atoms with E-state index in [1.165, 1.54) is 6.07 Å². The van der Waals surface area contributed by atoms with Crippen LogP contribution in [0.3, 0.4) is 0 Å². The highest BCUT2D eigenvalue weighted by molar-refractivity contribution is 5.35. The van der Waals surface area contributed by atoms with E-state index in [-0.39, 0.29) is 5.41 Å². The molecule has 1 aromatic rings. The Kier molecular flexibility index (Phi) is 4.59. The zero-order chi connectivity index (χ0) is 13.8. The van der Waals surface area contributed by atoms with E-state index in [1.54, 1.807) is 0 Å². The van der Waals surface area contributed by atoms with E-state index in [2.05, 4.69) is 31.1 Å². The van der Waals surface area contributed by atoms with Crippen LogP contribution in [0.2, 0.25) is 0 Å². The first-order valence-electron chi connectivity index (χ1n) is 5.96. The molecule has 5 heteroatoms. The molecule has 0 saturated heterocycles. The fraction of sp³-hybridized carbons (Fsp3) is 0.615. The van der Waals surface area contributed by atoms with Crippen LogP contribution < -0.4 is 5.32 Å². The third-order valence-electron chi connectivity index (χ3n) is 2.50. The minimum atomic E-state index is -4.32. The number of anilines is 1. The van der Waals surface area contributed by atoms with Crippen LogP contribution in [-0.2, 0) is 6.18 Å². The minimum absolute atomic E-state index is 0.273. The fourth-order valence-electron chi connectivity index (χ4n) is 1.50. The largest absolute Gasteiger partial charge is 0.417 e. The number of nitrogens with zero attached hydrogens (tertiary/aromatic N) is 1. The first kappa shape index (κ1) is 14.8. The van der Waals surface area contributed by atoms with Gasteiger partial charge in [-0.1, -0.05) is 20.8 Å². The average Bonchev–Trinajstić information content (AvgIpc) is 2.22. The van der Waals surface area contributed by atoms with Crippen LogP contribution >= 0.6 is 0 Å². The van der Waals surface area contributed by atoms with Crippen LogP contribution in [0.1, 0.15) is 39.2 Å². The van der Waals surface area contributed by atoms with Crippen LogP contribution in [0.15, 0.2) is 18.3 Å². The second-order valence-corrected chi connectivity index (χ2v) is 5.52. The highest BCUT2D eigenvalue weighted by Crippen LogP contribution is 2.28. The molecular formula is C13H19F3N2. The lowest BCUT2D eigenvalue weighted by Gasteiger charge is -2.17. The molecule has 0 aliphatic rings. The van der Waals surface area contributed by atoms with Crippen molar-refractivity contribution in [3.63, 3.8) is 0 Å². The van der Waals surface area contributed by atoms with Crippen molar-refractivity contribution in [2.24, 2.45) is 5.41 Å². The molecule has 0 atom stereocenters. The summed E-state index contributed by atoms with van der Waals surface area (Å²) in [6.07, 6.45) is -1.45. The Bertz CT molecular complexity index is 363. The maximum atomic E-state index is 12.3. The highest BCUT2D eigenvalue weighted by Gasteiger charge is 2.30. The lowest BCUT2D eigenvalue weighted by molar-refractivity contribution is -0.137. The molecule has 102 valence electrons. The zero-order valence-electron chi connectivity index (χ0n) is 10.9. The van der Waals surface area contributed by atoms with Gasteiger partial charge < -0.3 is 5.32 Å². The molecule has 18 heavy (non-hydrogen) atoms. The molecule has 1 N–H and O–H groups in total. The van der Waals surface area contributed by atoms with E-state index >= 15 is 0 Å². The van der Waals surface area contributed by atoms with Gasteiger partial charge in [0.15, 0.2) is 0 Å². The number of nitrogens with one attached hydrogen (secondary N) is 1. The van der Waals surface area contributed by atoms with Crippen molar-refractivity contribution >= 4 is 5.82 Å². The molecule has 0 aromatic carbocycles. The van der Waals surface area contributed by atoms with Crippen LogP contribution in [0.4, 0.5) is 19.0 Å². The van der Waals surface area contributed by atoms with Gasteiger partial charge in [-0.2, -0.15) is 13.2 Å². The molecule has 2 nitrogen and oxygen atoms in total. The Morgan fingerprint density at radius 1 is 1.17 bits per heavy atom. The van der Waals surface area contributed by atoms with E-state index in [4.69, 9.17) is 0 Å². The number of hydrogen-bond acceptors (Lipinski definition) is 2. The van der Waals surface area contributed by atoms with Crippen molar-refractivity contribution in [1.82, 2.24) is 4.98 Å². The lowest BCUT2D eigenvalue weighted by Crippen LogP contribution is -2.10. The minimum Gasteiger partial charge on any atom is -0.370 e. The van der Waals surface area contributed by atoms with Crippen LogP contribution in [0.5, 0.6) is 0 Å². The van der Waals surface area contributed by atoms with Gasteiger partial charge in [0.2, 0.25) is 0 Å². The monoisotopic (exact) mass is 260 g/mol. The molecule has 0 aliphatic carbocycles. The molecule has 0 radical (unpaired) electrons. The molecular weight excluding hydrogens is 241 g/mol. The predicted octanol–water partition coefficient (Wildman–Crippen LogP) is 4.34. The summed E-state index contributed by atoms with van der Waals surface area (Å²) in [7, 11) is 0. The van der Waals surface area contributed by atoms with E-state index < -0.39 is 11.7 Å². The third kappa shape index (κ3) is 5.38. The fourth-order valence-corrected chi connectivity index (χ4v) is 1.50. The predicted molar refractivity (Wildman–Crippen MR) is 66.4 cm³/mol. The van der Waals surface area contributed by atoms with Crippen molar-refractivity contribution in [2.45, 2.75) is 39.8 Å². The van der Waals surface area contributed by atoms with Crippen molar-refractivity contribution in [3.05, 3.63) is 23.9 Å². The van der Waals surface area contributed by atoms with Gasteiger partial charge in [-0.05, 0) is 30.4 Å². The summed E-state index contributed by atoms with van der Waals surface area (Å²) in [5, 5.41) is 3.02. The standard InChI is InChI=1S/C13H19F3N2/c1-12(2,3)7-4-8-17-11-6-5-10(9-18-11)13(14,15)16/h5-6,9H,4,7-8H2,1-3H3,(H,17,18). The van der Waals surface area contributed by atoms with Gasteiger partial charge in [-0.25, -0.2) is 4.98 Å². The number of alkyl halides is 3. The Balaban J connectivity index is 2.41. The molecule has 0 amide bonds. The Hall–Kier alpha value is -1.26. The Labute approximate surface area is 106 Å². The van der Waals surface area contributed by atoms with Crippen LogP contribution in [0, 0.1) is 5.41 Å². The maximum Gasteiger partial charge on any atom is 0.417 e. The van der Waals surface area contributed by atoms with Crippen LogP contribution in [-0.4, -0.2) is 11.5 Å². The van der Waals surface area contributed by atoms with Crippen molar-refractivity contribution in [3.8, 4) is 0 Å². The van der Waals surface area contributed by atoms with Crippen molar-refractivity contribution < 1.29 is 13.2 Å². The molecule has 1 heterocycles. The lowest BCUT2D eigenvalue weighted by atomic mass is 9.91. The summed E-state index contributed by atoms with van der Waals surface area (Å²) in [6, 6.07) is 2.40. The molecule has 0 aliphatic heterocycles. The van der Waals surface area contributed by atoms with E-state index in [9.17, 15) is 13.2 Å². The summed E-state index contributed by atoms with van der Waals surface area (Å²) in [4.78, 5) is 3.75. The smallest absolute Gasteiger partial charge is 0.370 e. The molecule has 1 aromatic heterocycles. The maximum absolute atomic E-state index is 12.3. The molecule has 0 fully saturated rings. The van der Waals surface area contributed by atoms with Gasteiger partial charge in [-0.3, -0.25) is 0 Å². The molecule has 0 spiro atoms. The van der Waals surface area contributed by atoms with Crippen molar-refractivity contribution in [2.75, 3.05) is 11.9 Å². The van der Waals surface area contributed by atoms with Gasteiger partial charge in [0, 0.05) is 12.7 Å². The Morgan fingerprint density at radius 3 is 2.28 bits per heavy atom. The number of rotatable bonds is 4. The SMILES string of the molecule is CC(C)(C)CCCNc1ccc(C(F)(F)F)cn1. The number of halogens is 3. The van der Waals surface area contributed by atoms with E-state index in [1.807, 2.05) is 0 Å². The second-order valence-electron chi connectivity index (χ2n) is 5.52. The van der Waals surface area contributed by atoms with E-state index in [0.29, 0.717) is 5.82 Å². The summed E-state index contributed by atoms with van der Waals surface area (Å²) in [5.74, 6) is 0.483. The quantitative estimate of drug-likeness (QED) is 0.815. The van der Waals surface area contributed by atoms with Gasteiger partial charge in [0.05, 0.1) is 5.56 Å². The summed E-state index contributed by atoms with van der Waals surface area (Å²) >= 11 is 0. The van der Waals surface area contributed by atoms with Gasteiger partial charge in [0.25, 0.3) is 0 Å². The summed E-state index contributed by atoms with van der Waals surface area (Å²) in [5.41, 5.74) is -0.447. The summed E-state index contributed by atoms with van der Waals surface area (Å²) in [6.45, 7) is 7.19. The average molecular weight is 260 g/mol. The van der Waals surface area contributed by atoms with Crippen LogP contribution in [0.25, 0.3) is 0 Å². The molecule has 0 unspecified atom stereocenters. The van der Waals surface area contributed by atoms with Gasteiger partial charge in [-0.15, -0.1) is 0 Å². The van der Waals surface area contributed by atoms with Crippen molar-refractivity contribution in [1.29, 1.82) is 0 Å². The number of pyridine rings is 1. The first-order chi connectivity index (χ1) is 8.18. The Morgan fingerprint density at radius 2 is 1.83 bits per heavy atom. The topological polar surface area (TPSA) is 24.9 Å². The molecule has 1 rings (SSSR count). The van der Waals surface area contributed by atoms with Gasteiger partial charge in [0.1, 0.15) is 5.82 Å². The first-order valence-corrected chi connectivity index (χ1v) is 5.96. The molecule has 0 saturated carbocycles. The normalized spacial score (nSPS) is 12.6. The zero-order valence-corrected chi connectivity index (χ0v) is 10.9. The second kappa shape index (κ2) is 5.59. The number of hydrogen-bond donors (Lipinski definition) is 1.